The largest absolute Gasteiger partial charge is 0.467 e. The number of hydrogen-bond donors (Lipinski definition) is 0. The summed E-state index contributed by atoms with van der Waals surface area (Å²) in [5, 5.41) is 0. The number of halogens is 1. The zero-order chi connectivity index (χ0) is 21.6. The van der Waals surface area contributed by atoms with Crippen LogP contribution in [0.3, 0.4) is 0 Å². The van der Waals surface area contributed by atoms with E-state index in [1.807, 2.05) is 18.2 Å². The Morgan fingerprint density at radius 1 is 1.13 bits per heavy atom. The molecule has 2 heterocycles. The molecule has 2 amide bonds. The quantitative estimate of drug-likeness (QED) is 0.360. The lowest BCUT2D eigenvalue weighted by Gasteiger charge is -2.24. The summed E-state index contributed by atoms with van der Waals surface area (Å²) in [7, 11) is 2.92. The number of hydrogen-bond acceptors (Lipinski definition) is 6. The first-order valence-corrected chi connectivity index (χ1v) is 10.9. The lowest BCUT2D eigenvalue weighted by Crippen LogP contribution is -2.38. The number of methoxy groups -OCH3 is 1. The number of fused-ring (bicyclic) bond motifs is 1. The standard InChI is InChI=1S/C21H15BrN2O4S2/c1-23-14-9-8-12(22)10-13(14)15(18(23)25)17-19(26)24(21(29)30-17)16(20(27)28-2)11-6-4-3-5-7-11/h3-10,16H,1-2H3/b17-15-. The van der Waals surface area contributed by atoms with Gasteiger partial charge in [-0.1, -0.05) is 70.2 Å². The van der Waals surface area contributed by atoms with Crippen molar-refractivity contribution in [3.8, 4) is 0 Å². The fourth-order valence-corrected chi connectivity index (χ4v) is 5.25. The predicted molar refractivity (Wildman–Crippen MR) is 123 cm³/mol. The summed E-state index contributed by atoms with van der Waals surface area (Å²) in [6.07, 6.45) is 0. The molecule has 1 atom stereocenters. The maximum atomic E-state index is 13.5. The van der Waals surface area contributed by atoms with Crippen molar-refractivity contribution >= 4 is 73.3 Å². The lowest BCUT2D eigenvalue weighted by atomic mass is 10.0. The smallest absolute Gasteiger partial charge is 0.333 e. The van der Waals surface area contributed by atoms with Gasteiger partial charge in [0.2, 0.25) is 0 Å². The van der Waals surface area contributed by atoms with Crippen LogP contribution >= 0.6 is 39.9 Å². The fourth-order valence-electron chi connectivity index (χ4n) is 3.50. The molecule has 2 aromatic rings. The van der Waals surface area contributed by atoms with Gasteiger partial charge in [-0.2, -0.15) is 0 Å². The zero-order valence-electron chi connectivity index (χ0n) is 15.9. The maximum Gasteiger partial charge on any atom is 0.333 e. The van der Waals surface area contributed by atoms with E-state index >= 15 is 0 Å². The second-order valence-electron chi connectivity index (χ2n) is 6.61. The Kier molecular flexibility index (Phi) is 5.52. The summed E-state index contributed by atoms with van der Waals surface area (Å²) in [6.45, 7) is 0. The van der Waals surface area contributed by atoms with Crippen LogP contribution in [-0.4, -0.2) is 41.2 Å². The van der Waals surface area contributed by atoms with Crippen molar-refractivity contribution in [3.63, 3.8) is 0 Å². The molecule has 6 nitrogen and oxygen atoms in total. The molecule has 1 unspecified atom stereocenters. The number of benzene rings is 2. The molecule has 4 rings (SSSR count). The van der Waals surface area contributed by atoms with Gasteiger partial charge in [-0.05, 0) is 23.8 Å². The van der Waals surface area contributed by atoms with Gasteiger partial charge in [0.15, 0.2) is 6.04 Å². The molecule has 2 aromatic carbocycles. The van der Waals surface area contributed by atoms with Crippen molar-refractivity contribution in [3.05, 3.63) is 69.0 Å². The number of thioether (sulfide) groups is 1. The van der Waals surface area contributed by atoms with E-state index in [1.54, 1.807) is 37.4 Å². The maximum absolute atomic E-state index is 13.5. The first kappa shape index (κ1) is 20.8. The molecule has 0 radical (unpaired) electrons. The van der Waals surface area contributed by atoms with Crippen LogP contribution in [0.1, 0.15) is 17.2 Å². The Balaban J connectivity index is 1.85. The first-order chi connectivity index (χ1) is 14.3. The van der Waals surface area contributed by atoms with Gasteiger partial charge in [0.25, 0.3) is 11.8 Å². The monoisotopic (exact) mass is 502 g/mol. The molecule has 0 N–H and O–H groups in total. The number of carbonyl (C=O) groups is 3. The third-order valence-corrected chi connectivity index (χ3v) is 6.83. The average Bonchev–Trinajstić information content (AvgIpc) is 3.15. The highest BCUT2D eigenvalue weighted by molar-refractivity contribution is 9.10. The molecule has 0 aliphatic carbocycles. The van der Waals surface area contributed by atoms with E-state index in [2.05, 4.69) is 15.9 Å². The molecule has 0 aromatic heterocycles. The predicted octanol–water partition coefficient (Wildman–Crippen LogP) is 3.91. The second-order valence-corrected chi connectivity index (χ2v) is 9.17. The molecule has 30 heavy (non-hydrogen) atoms. The van der Waals surface area contributed by atoms with E-state index in [0.717, 1.165) is 16.2 Å². The van der Waals surface area contributed by atoms with E-state index in [1.165, 1.54) is 16.9 Å². The van der Waals surface area contributed by atoms with Crippen LogP contribution in [0.2, 0.25) is 0 Å². The number of likely N-dealkylation sites (N-methyl/N-ethyl adjacent to an activating group) is 1. The number of nitrogens with zero attached hydrogens (tertiary/aromatic N) is 2. The fraction of sp³-hybridized carbons (Fsp3) is 0.143. The van der Waals surface area contributed by atoms with Crippen LogP contribution in [0.5, 0.6) is 0 Å². The third-order valence-electron chi connectivity index (χ3n) is 4.93. The van der Waals surface area contributed by atoms with Crippen LogP contribution in [0.25, 0.3) is 5.57 Å². The number of anilines is 1. The van der Waals surface area contributed by atoms with Crippen molar-refractivity contribution in [2.24, 2.45) is 0 Å². The van der Waals surface area contributed by atoms with E-state index in [-0.39, 0.29) is 20.7 Å². The summed E-state index contributed by atoms with van der Waals surface area (Å²) in [5.41, 5.74) is 2.21. The van der Waals surface area contributed by atoms with Crippen LogP contribution < -0.4 is 4.90 Å². The number of thiocarbonyl (C=S) groups is 1. The summed E-state index contributed by atoms with van der Waals surface area (Å²) in [5.74, 6) is -1.39. The van der Waals surface area contributed by atoms with E-state index in [9.17, 15) is 14.4 Å². The van der Waals surface area contributed by atoms with E-state index in [0.29, 0.717) is 16.8 Å². The SMILES string of the molecule is COC(=O)C(c1ccccc1)N1C(=O)/C(=C2/C(=O)N(C)c3ccc(Br)cc32)SC1=S. The number of ether oxygens (including phenoxy) is 1. The Bertz CT molecular complexity index is 1130. The highest BCUT2D eigenvalue weighted by atomic mass is 79.9. The summed E-state index contributed by atoms with van der Waals surface area (Å²) in [4.78, 5) is 42.0. The molecule has 2 aliphatic rings. The Hall–Kier alpha value is -2.49. The molecule has 0 saturated carbocycles. The van der Waals surface area contributed by atoms with Crippen LogP contribution in [0.15, 0.2) is 57.9 Å². The van der Waals surface area contributed by atoms with Crippen molar-refractivity contribution in [1.82, 2.24) is 4.90 Å². The molecule has 152 valence electrons. The van der Waals surface area contributed by atoms with Crippen molar-refractivity contribution in [2.45, 2.75) is 6.04 Å². The van der Waals surface area contributed by atoms with Gasteiger partial charge < -0.3 is 9.64 Å². The number of esters is 1. The molecule has 0 bridgehead atoms. The van der Waals surface area contributed by atoms with Gasteiger partial charge in [0.05, 0.1) is 23.3 Å². The normalized spacial score (nSPS) is 19.4. The first-order valence-electron chi connectivity index (χ1n) is 8.85. The Morgan fingerprint density at radius 3 is 2.50 bits per heavy atom. The minimum absolute atomic E-state index is 0.195. The minimum Gasteiger partial charge on any atom is -0.467 e. The van der Waals surface area contributed by atoms with Crippen molar-refractivity contribution in [2.75, 3.05) is 19.1 Å². The lowest BCUT2D eigenvalue weighted by molar-refractivity contribution is -0.148. The molecular formula is C21H15BrN2O4S2. The highest BCUT2D eigenvalue weighted by Crippen LogP contribution is 2.46. The van der Waals surface area contributed by atoms with E-state index in [4.69, 9.17) is 17.0 Å². The number of amides is 2. The van der Waals surface area contributed by atoms with Crippen molar-refractivity contribution < 1.29 is 19.1 Å². The zero-order valence-corrected chi connectivity index (χ0v) is 19.1. The topological polar surface area (TPSA) is 66.9 Å². The Labute approximate surface area is 191 Å². The third kappa shape index (κ3) is 3.27. The number of rotatable bonds is 3. The average molecular weight is 503 g/mol. The molecule has 9 heteroatoms. The van der Waals surface area contributed by atoms with Crippen LogP contribution in [0, 0.1) is 0 Å². The van der Waals surface area contributed by atoms with Crippen LogP contribution in [-0.2, 0) is 19.1 Å². The molecule has 1 saturated heterocycles. The van der Waals surface area contributed by atoms with Gasteiger partial charge in [-0.3, -0.25) is 14.5 Å². The van der Waals surface area contributed by atoms with Gasteiger partial charge >= 0.3 is 5.97 Å². The molecular weight excluding hydrogens is 488 g/mol. The van der Waals surface area contributed by atoms with E-state index < -0.39 is 17.9 Å². The van der Waals surface area contributed by atoms with Gasteiger partial charge in [-0.15, -0.1) is 0 Å². The minimum atomic E-state index is -1.03. The summed E-state index contributed by atoms with van der Waals surface area (Å²) in [6, 6.07) is 13.2. The highest BCUT2D eigenvalue weighted by Gasteiger charge is 2.46. The summed E-state index contributed by atoms with van der Waals surface area (Å²) < 4.78 is 5.93. The van der Waals surface area contributed by atoms with Gasteiger partial charge in [0.1, 0.15) is 4.32 Å². The van der Waals surface area contributed by atoms with Gasteiger partial charge in [0, 0.05) is 17.1 Å². The van der Waals surface area contributed by atoms with Gasteiger partial charge in [-0.25, -0.2) is 4.79 Å². The molecule has 1 fully saturated rings. The Morgan fingerprint density at radius 2 is 1.83 bits per heavy atom. The molecule has 2 aliphatic heterocycles. The van der Waals surface area contributed by atoms with Crippen LogP contribution in [0.4, 0.5) is 5.69 Å². The second kappa shape index (κ2) is 7.98. The summed E-state index contributed by atoms with van der Waals surface area (Å²) >= 11 is 9.90. The van der Waals surface area contributed by atoms with Crippen molar-refractivity contribution in [1.29, 1.82) is 0 Å². The molecule has 0 spiro atoms. The number of carbonyl (C=O) groups excluding carboxylic acids is 3.